The van der Waals surface area contributed by atoms with Gasteiger partial charge in [-0.25, -0.2) is 20.2 Å². The Balaban J connectivity index is 2.31. The van der Waals surface area contributed by atoms with Crippen molar-refractivity contribution >= 4 is 33.3 Å². The van der Waals surface area contributed by atoms with Crippen molar-refractivity contribution < 1.29 is 4.39 Å². The molecule has 94 valence electrons. The first kappa shape index (κ1) is 12.7. The summed E-state index contributed by atoms with van der Waals surface area (Å²) in [7, 11) is 0. The van der Waals surface area contributed by atoms with Crippen LogP contribution in [0.5, 0.6) is 0 Å². The first-order valence-corrected chi connectivity index (χ1v) is 5.91. The molecule has 1 aromatic carbocycles. The van der Waals surface area contributed by atoms with Gasteiger partial charge in [-0.3, -0.25) is 0 Å². The summed E-state index contributed by atoms with van der Waals surface area (Å²) in [6.45, 7) is 1.70. The van der Waals surface area contributed by atoms with Gasteiger partial charge in [-0.15, -0.1) is 0 Å². The number of rotatable bonds is 3. The topological polar surface area (TPSA) is 75.9 Å². The minimum atomic E-state index is -0.244. The Kier molecular flexibility index (Phi) is 3.73. The fourth-order valence-corrected chi connectivity index (χ4v) is 1.84. The van der Waals surface area contributed by atoms with Gasteiger partial charge in [0.25, 0.3) is 0 Å². The van der Waals surface area contributed by atoms with Gasteiger partial charge in [0.2, 0.25) is 0 Å². The number of hydrogen-bond donors (Lipinski definition) is 3. The highest BCUT2D eigenvalue weighted by atomic mass is 79.9. The van der Waals surface area contributed by atoms with Crippen LogP contribution in [0.1, 0.15) is 5.56 Å². The summed E-state index contributed by atoms with van der Waals surface area (Å²) in [5, 5.41) is 3.05. The lowest BCUT2D eigenvalue weighted by atomic mass is 10.2. The third kappa shape index (κ3) is 2.57. The summed E-state index contributed by atoms with van der Waals surface area (Å²) in [4.78, 5) is 8.01. The lowest BCUT2D eigenvalue weighted by Gasteiger charge is -2.10. The van der Waals surface area contributed by atoms with Gasteiger partial charge in [0, 0.05) is 5.69 Å². The molecule has 0 aliphatic rings. The second-order valence-corrected chi connectivity index (χ2v) is 4.41. The van der Waals surface area contributed by atoms with Gasteiger partial charge < -0.3 is 10.7 Å². The van der Waals surface area contributed by atoms with Crippen molar-refractivity contribution in [1.29, 1.82) is 0 Å². The van der Waals surface area contributed by atoms with Crippen LogP contribution in [0.15, 0.2) is 29.0 Å². The Labute approximate surface area is 112 Å². The van der Waals surface area contributed by atoms with Crippen molar-refractivity contribution in [2.45, 2.75) is 6.92 Å². The van der Waals surface area contributed by atoms with E-state index in [4.69, 9.17) is 5.84 Å². The number of hydrogen-bond acceptors (Lipinski definition) is 5. The maximum Gasteiger partial charge on any atom is 0.159 e. The molecular weight excluding hydrogens is 301 g/mol. The summed E-state index contributed by atoms with van der Waals surface area (Å²) >= 11 is 3.33. The monoisotopic (exact) mass is 311 g/mol. The minimum Gasteiger partial charge on any atom is -0.339 e. The van der Waals surface area contributed by atoms with E-state index in [0.29, 0.717) is 21.7 Å². The third-order valence-electron chi connectivity index (χ3n) is 2.35. The SMILES string of the molecule is Cc1cc(Nc2ncnc(NN)c2Br)ccc1F. The number of hydrazine groups is 1. The lowest BCUT2D eigenvalue weighted by molar-refractivity contribution is 0.619. The van der Waals surface area contributed by atoms with Crippen LogP contribution in [-0.2, 0) is 0 Å². The van der Waals surface area contributed by atoms with Crippen LogP contribution >= 0.6 is 15.9 Å². The van der Waals surface area contributed by atoms with E-state index >= 15 is 0 Å². The molecular formula is C11H11BrFN5. The fraction of sp³-hybridized carbons (Fsp3) is 0.0909. The first-order valence-electron chi connectivity index (χ1n) is 5.12. The molecule has 1 heterocycles. The van der Waals surface area contributed by atoms with Crippen LogP contribution in [0.4, 0.5) is 21.7 Å². The average Bonchev–Trinajstić information content (AvgIpc) is 2.36. The first-order chi connectivity index (χ1) is 8.61. The molecule has 0 spiro atoms. The molecule has 2 aromatic rings. The highest BCUT2D eigenvalue weighted by molar-refractivity contribution is 9.10. The number of halogens is 2. The Hall–Kier alpha value is -1.73. The summed E-state index contributed by atoms with van der Waals surface area (Å²) in [5.41, 5.74) is 3.73. The van der Waals surface area contributed by atoms with Crippen molar-refractivity contribution in [2.24, 2.45) is 5.84 Å². The Bertz CT molecular complexity index is 575. The number of nitrogens with one attached hydrogen (secondary N) is 2. The number of aryl methyl sites for hydroxylation is 1. The Morgan fingerprint density at radius 3 is 2.67 bits per heavy atom. The van der Waals surface area contributed by atoms with Gasteiger partial charge >= 0.3 is 0 Å². The van der Waals surface area contributed by atoms with Crippen LogP contribution in [0.25, 0.3) is 0 Å². The van der Waals surface area contributed by atoms with Crippen LogP contribution < -0.4 is 16.6 Å². The molecule has 0 saturated carbocycles. The molecule has 0 saturated heterocycles. The maximum atomic E-state index is 13.1. The third-order valence-corrected chi connectivity index (χ3v) is 3.10. The van der Waals surface area contributed by atoms with Gasteiger partial charge in [-0.2, -0.15) is 0 Å². The highest BCUT2D eigenvalue weighted by Gasteiger charge is 2.08. The van der Waals surface area contributed by atoms with Crippen molar-refractivity contribution in [2.75, 3.05) is 10.7 Å². The summed E-state index contributed by atoms with van der Waals surface area (Å²) < 4.78 is 13.8. The molecule has 7 heteroatoms. The molecule has 0 radical (unpaired) electrons. The largest absolute Gasteiger partial charge is 0.339 e. The molecule has 5 nitrogen and oxygen atoms in total. The smallest absolute Gasteiger partial charge is 0.159 e. The summed E-state index contributed by atoms with van der Waals surface area (Å²) in [6.07, 6.45) is 1.37. The van der Waals surface area contributed by atoms with Crippen LogP contribution in [0.3, 0.4) is 0 Å². The van der Waals surface area contributed by atoms with Gasteiger partial charge in [-0.1, -0.05) is 0 Å². The molecule has 0 aliphatic carbocycles. The molecule has 2 rings (SSSR count). The second kappa shape index (κ2) is 5.28. The Morgan fingerprint density at radius 1 is 1.28 bits per heavy atom. The van der Waals surface area contributed by atoms with Crippen molar-refractivity contribution in [3.63, 3.8) is 0 Å². The number of benzene rings is 1. The summed E-state index contributed by atoms with van der Waals surface area (Å²) in [5.74, 6) is 6.07. The predicted molar refractivity (Wildman–Crippen MR) is 72.0 cm³/mol. The van der Waals surface area contributed by atoms with E-state index in [0.717, 1.165) is 5.69 Å². The molecule has 0 aliphatic heterocycles. The van der Waals surface area contributed by atoms with Crippen LogP contribution in [-0.4, -0.2) is 9.97 Å². The zero-order chi connectivity index (χ0) is 13.1. The molecule has 0 bridgehead atoms. The molecule has 0 amide bonds. The average molecular weight is 312 g/mol. The van der Waals surface area contributed by atoms with Gasteiger partial charge in [0.05, 0.1) is 0 Å². The van der Waals surface area contributed by atoms with E-state index in [1.54, 1.807) is 19.1 Å². The fourth-order valence-electron chi connectivity index (χ4n) is 1.42. The number of nitrogens with two attached hydrogens (primary N) is 1. The van der Waals surface area contributed by atoms with Crippen molar-refractivity contribution in [1.82, 2.24) is 9.97 Å². The van der Waals surface area contributed by atoms with E-state index in [1.807, 2.05) is 0 Å². The number of anilines is 3. The molecule has 0 unspecified atom stereocenters. The van der Waals surface area contributed by atoms with Crippen molar-refractivity contribution in [3.05, 3.63) is 40.4 Å². The molecule has 18 heavy (non-hydrogen) atoms. The van der Waals surface area contributed by atoms with Crippen molar-refractivity contribution in [3.8, 4) is 0 Å². The molecule has 0 atom stereocenters. The molecule has 1 aromatic heterocycles. The second-order valence-electron chi connectivity index (χ2n) is 3.62. The summed E-state index contributed by atoms with van der Waals surface area (Å²) in [6, 6.07) is 4.72. The predicted octanol–water partition coefficient (Wildman–Crippen LogP) is 2.72. The van der Waals surface area contributed by atoms with E-state index in [1.165, 1.54) is 12.4 Å². The quantitative estimate of drug-likeness (QED) is 0.600. The zero-order valence-corrected chi connectivity index (χ0v) is 11.1. The van der Waals surface area contributed by atoms with E-state index < -0.39 is 0 Å². The number of nitrogen functional groups attached to an aromatic ring is 1. The van der Waals surface area contributed by atoms with Gasteiger partial charge in [0.15, 0.2) is 5.82 Å². The maximum absolute atomic E-state index is 13.1. The van der Waals surface area contributed by atoms with E-state index in [9.17, 15) is 4.39 Å². The van der Waals surface area contributed by atoms with Gasteiger partial charge in [-0.05, 0) is 46.6 Å². The normalized spacial score (nSPS) is 10.2. The number of aromatic nitrogens is 2. The van der Waals surface area contributed by atoms with E-state index in [2.05, 4.69) is 36.6 Å². The van der Waals surface area contributed by atoms with Crippen LogP contribution in [0.2, 0.25) is 0 Å². The molecule has 4 N–H and O–H groups in total. The lowest BCUT2D eigenvalue weighted by Crippen LogP contribution is -2.10. The molecule has 0 fully saturated rings. The highest BCUT2D eigenvalue weighted by Crippen LogP contribution is 2.28. The van der Waals surface area contributed by atoms with E-state index in [-0.39, 0.29) is 5.82 Å². The zero-order valence-electron chi connectivity index (χ0n) is 9.54. The van der Waals surface area contributed by atoms with Gasteiger partial charge in [0.1, 0.15) is 22.4 Å². The van der Waals surface area contributed by atoms with Crippen LogP contribution in [0, 0.1) is 12.7 Å². The Morgan fingerprint density at radius 2 is 2.00 bits per heavy atom. The minimum absolute atomic E-state index is 0.244. The number of nitrogens with zero attached hydrogens (tertiary/aromatic N) is 2. The standard InChI is InChI=1S/C11H11BrFN5/c1-6-4-7(2-3-8(6)13)17-10-9(12)11(18-14)16-5-15-10/h2-5H,14H2,1H3,(H2,15,16,17,18).